The highest BCUT2D eigenvalue weighted by Gasteiger charge is 2.32. The van der Waals surface area contributed by atoms with Gasteiger partial charge in [-0.25, -0.2) is 9.59 Å². The van der Waals surface area contributed by atoms with Crippen molar-refractivity contribution in [3.63, 3.8) is 0 Å². The zero-order valence-electron chi connectivity index (χ0n) is 17.2. The Labute approximate surface area is 170 Å². The smallest absolute Gasteiger partial charge is 0.342 e. The van der Waals surface area contributed by atoms with Gasteiger partial charge in [0.1, 0.15) is 23.7 Å². The van der Waals surface area contributed by atoms with Gasteiger partial charge in [0, 0.05) is 16.7 Å². The average molecular weight is 398 g/mol. The number of carboxylic acids is 1. The Bertz CT molecular complexity index is 962. The molecule has 0 atom stereocenters. The SMILES string of the molecule is COc1c(C)c2c(c(O)c1C/C=C/C1=C(C(=O)O)CC(C)(C)CC=C1)C(=O)OC2. The highest BCUT2D eigenvalue weighted by molar-refractivity contribution is 5.98. The van der Waals surface area contributed by atoms with E-state index in [0.29, 0.717) is 34.4 Å². The van der Waals surface area contributed by atoms with Crippen LogP contribution in [0.5, 0.6) is 11.5 Å². The van der Waals surface area contributed by atoms with Gasteiger partial charge in [0.05, 0.1) is 7.11 Å². The highest BCUT2D eigenvalue weighted by atomic mass is 16.5. The van der Waals surface area contributed by atoms with Crippen LogP contribution in [0.2, 0.25) is 0 Å². The molecule has 2 aliphatic rings. The molecule has 1 aromatic carbocycles. The number of hydrogen-bond donors (Lipinski definition) is 2. The number of benzene rings is 1. The molecular formula is C23H26O6. The van der Waals surface area contributed by atoms with Crippen LogP contribution in [-0.2, 0) is 22.6 Å². The molecule has 0 saturated heterocycles. The third-order valence-corrected chi connectivity index (χ3v) is 5.50. The fourth-order valence-corrected chi connectivity index (χ4v) is 3.95. The van der Waals surface area contributed by atoms with Gasteiger partial charge in [-0.1, -0.05) is 38.2 Å². The van der Waals surface area contributed by atoms with E-state index in [1.54, 1.807) is 12.2 Å². The first kappa shape index (κ1) is 20.7. The van der Waals surface area contributed by atoms with Gasteiger partial charge in [-0.05, 0) is 42.7 Å². The number of carboxylic acid groups (broad SMARTS) is 1. The van der Waals surface area contributed by atoms with Crippen LogP contribution in [0, 0.1) is 12.3 Å². The molecular weight excluding hydrogens is 372 g/mol. The van der Waals surface area contributed by atoms with Crippen molar-refractivity contribution >= 4 is 11.9 Å². The topological polar surface area (TPSA) is 93.1 Å². The van der Waals surface area contributed by atoms with E-state index >= 15 is 0 Å². The molecule has 0 saturated carbocycles. The van der Waals surface area contributed by atoms with E-state index in [1.165, 1.54) is 7.11 Å². The summed E-state index contributed by atoms with van der Waals surface area (Å²) >= 11 is 0. The minimum atomic E-state index is -0.930. The van der Waals surface area contributed by atoms with Crippen LogP contribution in [0.15, 0.2) is 35.5 Å². The number of hydrogen-bond acceptors (Lipinski definition) is 5. The van der Waals surface area contributed by atoms with Crippen molar-refractivity contribution in [2.24, 2.45) is 5.41 Å². The molecule has 1 aromatic rings. The second-order valence-electron chi connectivity index (χ2n) is 8.21. The Hall–Kier alpha value is -3.02. The summed E-state index contributed by atoms with van der Waals surface area (Å²) in [6.45, 7) is 6.04. The first-order valence-electron chi connectivity index (χ1n) is 9.54. The summed E-state index contributed by atoms with van der Waals surface area (Å²) in [5.41, 5.74) is 2.95. The lowest BCUT2D eigenvalue weighted by atomic mass is 9.83. The lowest BCUT2D eigenvalue weighted by Gasteiger charge is -2.21. The summed E-state index contributed by atoms with van der Waals surface area (Å²) in [7, 11) is 1.51. The molecule has 6 nitrogen and oxygen atoms in total. The van der Waals surface area contributed by atoms with Gasteiger partial charge < -0.3 is 19.7 Å². The number of carbonyl (C=O) groups excluding carboxylic acids is 1. The fourth-order valence-electron chi connectivity index (χ4n) is 3.95. The van der Waals surface area contributed by atoms with Crippen molar-refractivity contribution in [1.29, 1.82) is 0 Å². The molecule has 0 unspecified atom stereocenters. The summed E-state index contributed by atoms with van der Waals surface area (Å²) in [5, 5.41) is 20.3. The molecule has 0 fully saturated rings. The standard InChI is InChI=1S/C23H26O6/c1-13-17-12-29-22(27)18(17)19(24)15(20(13)28-4)9-5-7-14-8-6-10-23(2,3)11-16(14)21(25)26/h5-8,24H,9-12H2,1-4H3,(H,25,26)/b7-5+. The first-order chi connectivity index (χ1) is 13.7. The molecule has 0 amide bonds. The van der Waals surface area contributed by atoms with E-state index in [4.69, 9.17) is 9.47 Å². The van der Waals surface area contributed by atoms with Crippen LogP contribution in [0.25, 0.3) is 0 Å². The number of phenolic OH excluding ortho intramolecular Hbond substituents is 1. The minimum Gasteiger partial charge on any atom is -0.507 e. The highest BCUT2D eigenvalue weighted by Crippen LogP contribution is 2.42. The van der Waals surface area contributed by atoms with E-state index in [-0.39, 0.29) is 29.8 Å². The zero-order valence-corrected chi connectivity index (χ0v) is 17.2. The van der Waals surface area contributed by atoms with Crippen molar-refractivity contribution in [1.82, 2.24) is 0 Å². The molecule has 1 aliphatic carbocycles. The number of ether oxygens (including phenoxy) is 2. The second-order valence-corrected chi connectivity index (χ2v) is 8.21. The molecule has 154 valence electrons. The predicted molar refractivity (Wildman–Crippen MR) is 108 cm³/mol. The van der Waals surface area contributed by atoms with Gasteiger partial charge in [0.25, 0.3) is 0 Å². The Kier molecular flexibility index (Phi) is 5.55. The maximum absolute atomic E-state index is 12.0. The van der Waals surface area contributed by atoms with Crippen LogP contribution < -0.4 is 4.74 Å². The largest absolute Gasteiger partial charge is 0.507 e. The zero-order chi connectivity index (χ0) is 21.3. The number of esters is 1. The van der Waals surface area contributed by atoms with Gasteiger partial charge in [-0.15, -0.1) is 0 Å². The average Bonchev–Trinajstić information content (AvgIpc) is 2.96. The number of aromatic hydroxyl groups is 1. The summed E-state index contributed by atoms with van der Waals surface area (Å²) in [4.78, 5) is 23.8. The molecule has 2 N–H and O–H groups in total. The Morgan fingerprint density at radius 1 is 1.38 bits per heavy atom. The normalized spacial score (nSPS) is 18.0. The van der Waals surface area contributed by atoms with Crippen LogP contribution in [0.4, 0.5) is 0 Å². The Morgan fingerprint density at radius 2 is 2.10 bits per heavy atom. The number of aliphatic carboxylic acids is 1. The quantitative estimate of drug-likeness (QED) is 0.721. The van der Waals surface area contributed by atoms with E-state index in [0.717, 1.165) is 12.0 Å². The van der Waals surface area contributed by atoms with Crippen molar-refractivity contribution in [2.45, 2.75) is 46.6 Å². The molecule has 1 heterocycles. The van der Waals surface area contributed by atoms with Crippen LogP contribution >= 0.6 is 0 Å². The Balaban J connectivity index is 1.98. The van der Waals surface area contributed by atoms with Gasteiger partial charge in [-0.2, -0.15) is 0 Å². The maximum Gasteiger partial charge on any atom is 0.342 e. The van der Waals surface area contributed by atoms with Crippen LogP contribution in [0.3, 0.4) is 0 Å². The number of fused-ring (bicyclic) bond motifs is 1. The lowest BCUT2D eigenvalue weighted by Crippen LogP contribution is -2.14. The van der Waals surface area contributed by atoms with E-state index in [9.17, 15) is 19.8 Å². The van der Waals surface area contributed by atoms with Crippen molar-refractivity contribution < 1.29 is 29.3 Å². The number of phenols is 1. The lowest BCUT2D eigenvalue weighted by molar-refractivity contribution is -0.133. The second kappa shape index (κ2) is 7.78. The number of carbonyl (C=O) groups is 2. The van der Waals surface area contributed by atoms with Gasteiger partial charge in [-0.3, -0.25) is 0 Å². The molecule has 1 aliphatic heterocycles. The first-order valence-corrected chi connectivity index (χ1v) is 9.54. The minimum absolute atomic E-state index is 0.121. The van der Waals surface area contributed by atoms with Gasteiger partial charge in [0.2, 0.25) is 0 Å². The number of rotatable bonds is 5. The van der Waals surface area contributed by atoms with Crippen molar-refractivity contribution in [2.75, 3.05) is 7.11 Å². The predicted octanol–water partition coefficient (Wildman–Crippen LogP) is 4.24. The maximum atomic E-state index is 12.0. The Morgan fingerprint density at radius 3 is 2.76 bits per heavy atom. The number of cyclic esters (lactones) is 1. The third-order valence-electron chi connectivity index (χ3n) is 5.50. The molecule has 6 heteroatoms. The fraction of sp³-hybridized carbons (Fsp3) is 0.391. The summed E-state index contributed by atoms with van der Waals surface area (Å²) in [6, 6.07) is 0. The molecule has 0 spiro atoms. The monoisotopic (exact) mass is 398 g/mol. The summed E-state index contributed by atoms with van der Waals surface area (Å²) in [6.07, 6.45) is 8.89. The molecule has 3 rings (SSSR count). The van der Waals surface area contributed by atoms with Crippen molar-refractivity contribution in [3.05, 3.63) is 57.7 Å². The summed E-state index contributed by atoms with van der Waals surface area (Å²) in [5.74, 6) is -1.10. The molecule has 0 radical (unpaired) electrons. The molecule has 0 aromatic heterocycles. The van der Waals surface area contributed by atoms with E-state index in [1.807, 2.05) is 32.9 Å². The van der Waals surface area contributed by atoms with E-state index in [2.05, 4.69) is 0 Å². The number of methoxy groups -OCH3 is 1. The van der Waals surface area contributed by atoms with E-state index < -0.39 is 11.9 Å². The molecule has 0 bridgehead atoms. The summed E-state index contributed by atoms with van der Waals surface area (Å²) < 4.78 is 10.5. The van der Waals surface area contributed by atoms with Crippen molar-refractivity contribution in [3.8, 4) is 11.5 Å². The molecule has 29 heavy (non-hydrogen) atoms. The van der Waals surface area contributed by atoms with Gasteiger partial charge >= 0.3 is 11.9 Å². The van der Waals surface area contributed by atoms with Crippen LogP contribution in [-0.4, -0.2) is 29.3 Å². The third kappa shape index (κ3) is 3.92. The van der Waals surface area contributed by atoms with Gasteiger partial charge in [0.15, 0.2) is 0 Å². The number of allylic oxidation sites excluding steroid dienone is 5. The van der Waals surface area contributed by atoms with Crippen LogP contribution in [0.1, 0.15) is 53.7 Å².